The van der Waals surface area contributed by atoms with Gasteiger partial charge in [0.1, 0.15) is 18.3 Å². The summed E-state index contributed by atoms with van der Waals surface area (Å²) in [5, 5.41) is 3.52. The normalized spacial score (nSPS) is 12.0. The van der Waals surface area contributed by atoms with Gasteiger partial charge in [0.2, 0.25) is 11.8 Å². The lowest BCUT2D eigenvalue weighted by atomic mass is 10.1. The van der Waals surface area contributed by atoms with E-state index < -0.39 is 28.5 Å². The van der Waals surface area contributed by atoms with Gasteiger partial charge in [0.15, 0.2) is 0 Å². The fourth-order valence-corrected chi connectivity index (χ4v) is 6.75. The fraction of sp³-hybridized carbons (Fsp3) is 0.333. The molecule has 0 spiro atoms. The van der Waals surface area contributed by atoms with Crippen LogP contribution in [0.25, 0.3) is 0 Å². The third-order valence-electron chi connectivity index (χ3n) is 6.58. The Morgan fingerprint density at radius 3 is 2.26 bits per heavy atom. The van der Waals surface area contributed by atoms with Gasteiger partial charge in [0, 0.05) is 13.1 Å². The average Bonchev–Trinajstić information content (AvgIpc) is 2.96. The predicted octanol–water partition coefficient (Wildman–Crippen LogP) is 6.60. The Hall–Kier alpha value is -2.79. The van der Waals surface area contributed by atoms with Gasteiger partial charge in [0.25, 0.3) is 10.0 Å². The highest BCUT2D eigenvalue weighted by atomic mass is 79.9. The van der Waals surface area contributed by atoms with Gasteiger partial charge >= 0.3 is 0 Å². The number of hydrogen-bond acceptors (Lipinski definition) is 5. The van der Waals surface area contributed by atoms with E-state index in [1.54, 1.807) is 49.4 Å². The number of rotatable bonds is 13. The summed E-state index contributed by atoms with van der Waals surface area (Å²) in [4.78, 5) is 28.7. The number of amides is 2. The number of halogens is 3. The first-order valence-electron chi connectivity index (χ1n) is 13.4. The summed E-state index contributed by atoms with van der Waals surface area (Å²) in [6.45, 7) is 5.53. The molecule has 0 bridgehead atoms. The summed E-state index contributed by atoms with van der Waals surface area (Å²) in [5.74, 6) is -0.420. The minimum Gasteiger partial charge on any atom is -0.496 e. The third-order valence-corrected chi connectivity index (χ3v) is 9.71. The van der Waals surface area contributed by atoms with E-state index in [0.717, 1.165) is 16.3 Å². The van der Waals surface area contributed by atoms with Crippen LogP contribution in [0.3, 0.4) is 0 Å². The molecule has 0 unspecified atom stereocenters. The second kappa shape index (κ2) is 15.1. The highest BCUT2D eigenvalue weighted by Crippen LogP contribution is 2.31. The van der Waals surface area contributed by atoms with Crippen LogP contribution in [0, 0.1) is 6.92 Å². The predicted molar refractivity (Wildman–Crippen MR) is 171 cm³/mol. The number of anilines is 1. The molecule has 42 heavy (non-hydrogen) atoms. The molecular formula is C30H34BrCl2N3O5S. The lowest BCUT2D eigenvalue weighted by Crippen LogP contribution is -2.52. The highest BCUT2D eigenvalue weighted by molar-refractivity contribution is 9.10. The Balaban J connectivity index is 2.08. The third kappa shape index (κ3) is 8.18. The average molecular weight is 699 g/mol. The molecule has 0 aliphatic heterocycles. The van der Waals surface area contributed by atoms with Crippen molar-refractivity contribution in [1.82, 2.24) is 10.2 Å². The Kier molecular flexibility index (Phi) is 12.1. The molecule has 8 nitrogen and oxygen atoms in total. The molecule has 1 N–H and O–H groups in total. The Labute approximate surface area is 266 Å². The van der Waals surface area contributed by atoms with Crippen LogP contribution < -0.4 is 14.4 Å². The van der Waals surface area contributed by atoms with Crippen molar-refractivity contribution in [1.29, 1.82) is 0 Å². The van der Waals surface area contributed by atoms with Crippen molar-refractivity contribution in [3.05, 3.63) is 86.3 Å². The Morgan fingerprint density at radius 2 is 1.69 bits per heavy atom. The standard InChI is InChI=1S/C30H34BrCl2N3O5S/c1-5-15-34-30(38)27(6-2)35(18-21-9-13-25(32)26(33)16-21)29(37)19-36(22-10-7-20(3)8-11-22)42(39,40)23-12-14-28(41-4)24(31)17-23/h7-14,16-17,27H,5-6,15,18-19H2,1-4H3,(H,34,38)/t27-/m0/s1. The zero-order valence-corrected chi connectivity index (χ0v) is 27.8. The van der Waals surface area contributed by atoms with E-state index in [4.69, 9.17) is 27.9 Å². The summed E-state index contributed by atoms with van der Waals surface area (Å²) in [7, 11) is -2.75. The molecule has 0 aromatic heterocycles. The number of nitrogens with zero attached hydrogens (tertiary/aromatic N) is 2. The molecule has 2 amide bonds. The van der Waals surface area contributed by atoms with Crippen LogP contribution in [0.5, 0.6) is 5.75 Å². The topological polar surface area (TPSA) is 96.0 Å². The molecule has 0 saturated carbocycles. The maximum atomic E-state index is 14.1. The molecular weight excluding hydrogens is 665 g/mol. The maximum Gasteiger partial charge on any atom is 0.264 e. The largest absolute Gasteiger partial charge is 0.496 e. The number of sulfonamides is 1. The number of ether oxygens (including phenoxy) is 1. The molecule has 3 aromatic carbocycles. The second-order valence-corrected chi connectivity index (χ2v) is 13.2. The van der Waals surface area contributed by atoms with Crippen LogP contribution in [0.4, 0.5) is 5.69 Å². The summed E-state index contributed by atoms with van der Waals surface area (Å²) in [6.07, 6.45) is 1.03. The van der Waals surface area contributed by atoms with Gasteiger partial charge in [-0.15, -0.1) is 0 Å². The van der Waals surface area contributed by atoms with E-state index in [2.05, 4.69) is 21.2 Å². The highest BCUT2D eigenvalue weighted by Gasteiger charge is 2.34. The van der Waals surface area contributed by atoms with Gasteiger partial charge in [-0.3, -0.25) is 13.9 Å². The van der Waals surface area contributed by atoms with Gasteiger partial charge in [-0.2, -0.15) is 0 Å². The molecule has 0 aliphatic rings. The summed E-state index contributed by atoms with van der Waals surface area (Å²) in [5.41, 5.74) is 1.87. The minimum absolute atomic E-state index is 0.0175. The zero-order chi connectivity index (χ0) is 31.0. The summed E-state index contributed by atoms with van der Waals surface area (Å²) in [6, 6.07) is 15.3. The van der Waals surface area contributed by atoms with Gasteiger partial charge in [0.05, 0.1) is 32.2 Å². The smallest absolute Gasteiger partial charge is 0.264 e. The van der Waals surface area contributed by atoms with Crippen molar-refractivity contribution in [3.63, 3.8) is 0 Å². The van der Waals surface area contributed by atoms with Crippen LogP contribution in [-0.4, -0.2) is 51.4 Å². The lowest BCUT2D eigenvalue weighted by molar-refractivity contribution is -0.140. The summed E-state index contributed by atoms with van der Waals surface area (Å²) >= 11 is 15.7. The quantitative estimate of drug-likeness (QED) is 0.217. The molecule has 3 aromatic rings. The van der Waals surface area contributed by atoms with Gasteiger partial charge in [-0.1, -0.05) is 60.8 Å². The molecule has 12 heteroatoms. The Morgan fingerprint density at radius 1 is 1.00 bits per heavy atom. The zero-order valence-electron chi connectivity index (χ0n) is 23.9. The number of carbonyl (C=O) groups excluding carboxylic acids is 2. The molecule has 0 fully saturated rings. The van der Waals surface area contributed by atoms with Crippen LogP contribution in [0.15, 0.2) is 70.0 Å². The van der Waals surface area contributed by atoms with Crippen LogP contribution in [0.2, 0.25) is 10.0 Å². The van der Waals surface area contributed by atoms with Gasteiger partial charge in [-0.25, -0.2) is 8.42 Å². The van der Waals surface area contributed by atoms with E-state index in [1.807, 2.05) is 13.8 Å². The van der Waals surface area contributed by atoms with Crippen molar-refractivity contribution >= 4 is 66.7 Å². The number of benzene rings is 3. The SMILES string of the molecule is CCCNC(=O)[C@H](CC)N(Cc1ccc(Cl)c(Cl)c1)C(=O)CN(c1ccc(C)cc1)S(=O)(=O)c1ccc(OC)c(Br)c1. The minimum atomic E-state index is -4.23. The second-order valence-electron chi connectivity index (χ2n) is 9.63. The lowest BCUT2D eigenvalue weighted by Gasteiger charge is -2.33. The first kappa shape index (κ1) is 33.7. The maximum absolute atomic E-state index is 14.1. The van der Waals surface area contributed by atoms with Gasteiger partial charge in [-0.05, 0) is 83.7 Å². The van der Waals surface area contributed by atoms with Crippen LogP contribution >= 0.6 is 39.1 Å². The monoisotopic (exact) mass is 697 g/mol. The van der Waals surface area contributed by atoms with Crippen LogP contribution in [0.1, 0.15) is 37.8 Å². The van der Waals surface area contributed by atoms with E-state index in [9.17, 15) is 18.0 Å². The van der Waals surface area contributed by atoms with Crippen molar-refractivity contribution in [3.8, 4) is 5.75 Å². The van der Waals surface area contributed by atoms with Crippen molar-refractivity contribution in [2.24, 2.45) is 0 Å². The van der Waals surface area contributed by atoms with Gasteiger partial charge < -0.3 is 15.0 Å². The van der Waals surface area contributed by atoms with Crippen molar-refractivity contribution in [2.75, 3.05) is 24.5 Å². The number of nitrogens with one attached hydrogen (secondary N) is 1. The fourth-order valence-electron chi connectivity index (χ4n) is 4.29. The van der Waals surface area contributed by atoms with E-state index in [-0.39, 0.29) is 17.3 Å². The number of aryl methyl sites for hydroxylation is 1. The molecule has 1 atom stereocenters. The van der Waals surface area contributed by atoms with E-state index in [1.165, 1.54) is 30.2 Å². The first-order valence-corrected chi connectivity index (χ1v) is 16.4. The number of carbonyl (C=O) groups is 2. The molecule has 226 valence electrons. The summed E-state index contributed by atoms with van der Waals surface area (Å²) < 4.78 is 34.9. The number of hydrogen-bond donors (Lipinski definition) is 1. The molecule has 0 saturated heterocycles. The van der Waals surface area contributed by atoms with Crippen molar-refractivity contribution < 1.29 is 22.7 Å². The molecule has 3 rings (SSSR count). The van der Waals surface area contributed by atoms with E-state index >= 15 is 0 Å². The van der Waals surface area contributed by atoms with E-state index in [0.29, 0.717) is 44.5 Å². The molecule has 0 radical (unpaired) electrons. The molecule has 0 heterocycles. The van der Waals surface area contributed by atoms with Crippen LogP contribution in [-0.2, 0) is 26.2 Å². The van der Waals surface area contributed by atoms with Crippen molar-refractivity contribution in [2.45, 2.75) is 51.1 Å². The molecule has 0 aliphatic carbocycles. The Bertz CT molecular complexity index is 1520. The first-order chi connectivity index (χ1) is 19.9. The number of methoxy groups -OCH3 is 1.